The summed E-state index contributed by atoms with van der Waals surface area (Å²) in [6, 6.07) is 0.135. The monoisotopic (exact) mass is 226 g/mol. The van der Waals surface area contributed by atoms with Gasteiger partial charge in [-0.2, -0.15) is 0 Å². The van der Waals surface area contributed by atoms with Gasteiger partial charge < -0.3 is 10.6 Å². The van der Waals surface area contributed by atoms with Crippen LogP contribution in [0.2, 0.25) is 0 Å². The van der Waals surface area contributed by atoms with Crippen LogP contribution in [0.1, 0.15) is 58.3 Å². The van der Waals surface area contributed by atoms with Crippen LogP contribution in [0.15, 0.2) is 0 Å². The van der Waals surface area contributed by atoms with Gasteiger partial charge in [0.15, 0.2) is 0 Å². The van der Waals surface area contributed by atoms with Crippen LogP contribution in [0, 0.1) is 0 Å². The molecule has 0 bridgehead atoms. The van der Waals surface area contributed by atoms with Gasteiger partial charge in [-0.3, -0.25) is 4.79 Å². The lowest BCUT2D eigenvalue weighted by molar-refractivity contribution is -0.133. The molecule has 0 aromatic heterocycles. The first kappa shape index (κ1) is 13.5. The maximum absolute atomic E-state index is 12.0. The molecule has 1 amide bonds. The fourth-order valence-corrected chi connectivity index (χ4v) is 2.52. The van der Waals surface area contributed by atoms with Crippen LogP contribution in [0.4, 0.5) is 0 Å². The van der Waals surface area contributed by atoms with Crippen LogP contribution in [-0.2, 0) is 4.79 Å². The summed E-state index contributed by atoms with van der Waals surface area (Å²) in [5.74, 6) is 0.133. The molecule has 0 aromatic rings. The van der Waals surface area contributed by atoms with E-state index in [0.717, 1.165) is 25.7 Å². The maximum Gasteiger partial charge on any atom is 0.239 e. The summed E-state index contributed by atoms with van der Waals surface area (Å²) >= 11 is 0. The number of nitrogens with two attached hydrogens (primary N) is 1. The van der Waals surface area contributed by atoms with Crippen LogP contribution >= 0.6 is 0 Å². The summed E-state index contributed by atoms with van der Waals surface area (Å²) < 4.78 is 0. The van der Waals surface area contributed by atoms with Gasteiger partial charge in [0, 0.05) is 13.1 Å². The van der Waals surface area contributed by atoms with Crippen molar-refractivity contribution in [3.8, 4) is 0 Å². The van der Waals surface area contributed by atoms with E-state index in [0.29, 0.717) is 6.04 Å². The minimum atomic E-state index is -0.293. The van der Waals surface area contributed by atoms with Gasteiger partial charge in [0.05, 0.1) is 6.04 Å². The van der Waals surface area contributed by atoms with Crippen LogP contribution in [0.5, 0.6) is 0 Å². The first-order chi connectivity index (χ1) is 7.66. The van der Waals surface area contributed by atoms with Crippen molar-refractivity contribution in [1.29, 1.82) is 0 Å². The van der Waals surface area contributed by atoms with E-state index < -0.39 is 0 Å². The van der Waals surface area contributed by atoms with Gasteiger partial charge in [0.2, 0.25) is 5.91 Å². The van der Waals surface area contributed by atoms with E-state index in [-0.39, 0.29) is 11.9 Å². The van der Waals surface area contributed by atoms with Crippen LogP contribution in [-0.4, -0.2) is 29.9 Å². The molecule has 0 aliphatic heterocycles. The van der Waals surface area contributed by atoms with Gasteiger partial charge in [-0.05, 0) is 19.3 Å². The van der Waals surface area contributed by atoms with Gasteiger partial charge in [-0.1, -0.05) is 39.0 Å². The van der Waals surface area contributed by atoms with Crippen molar-refractivity contribution >= 4 is 5.91 Å². The molecule has 0 radical (unpaired) electrons. The maximum atomic E-state index is 12.0. The van der Waals surface area contributed by atoms with Crippen LogP contribution < -0.4 is 5.73 Å². The first-order valence-corrected chi connectivity index (χ1v) is 6.69. The molecule has 1 aliphatic rings. The highest BCUT2D eigenvalue weighted by atomic mass is 16.2. The second-order valence-corrected chi connectivity index (χ2v) is 4.99. The third-order valence-electron chi connectivity index (χ3n) is 3.64. The van der Waals surface area contributed by atoms with Gasteiger partial charge in [-0.15, -0.1) is 0 Å². The lowest BCUT2D eigenvalue weighted by atomic mass is 10.1. The molecule has 0 spiro atoms. The number of hydrogen-bond acceptors (Lipinski definition) is 2. The van der Waals surface area contributed by atoms with E-state index >= 15 is 0 Å². The van der Waals surface area contributed by atoms with Crippen molar-refractivity contribution in [3.63, 3.8) is 0 Å². The first-order valence-electron chi connectivity index (χ1n) is 6.69. The minimum absolute atomic E-state index is 0.133. The Morgan fingerprint density at radius 2 is 1.88 bits per heavy atom. The van der Waals surface area contributed by atoms with Gasteiger partial charge >= 0.3 is 0 Å². The second-order valence-electron chi connectivity index (χ2n) is 4.99. The Bertz CT molecular complexity index is 210. The zero-order valence-corrected chi connectivity index (χ0v) is 10.7. The number of carbonyl (C=O) groups excluding carboxylic acids is 1. The quantitative estimate of drug-likeness (QED) is 0.748. The van der Waals surface area contributed by atoms with E-state index in [4.69, 9.17) is 5.73 Å². The fourth-order valence-electron chi connectivity index (χ4n) is 2.52. The van der Waals surface area contributed by atoms with Gasteiger partial charge in [0.25, 0.3) is 0 Å². The van der Waals surface area contributed by atoms with E-state index in [1.165, 1.54) is 25.7 Å². The molecule has 94 valence electrons. The second kappa shape index (κ2) is 6.89. The highest BCUT2D eigenvalue weighted by Crippen LogP contribution is 2.21. The van der Waals surface area contributed by atoms with Crippen LogP contribution in [0.25, 0.3) is 0 Å². The van der Waals surface area contributed by atoms with E-state index in [2.05, 4.69) is 6.92 Å². The number of nitrogens with zero attached hydrogens (tertiary/aromatic N) is 1. The fraction of sp³-hybridized carbons (Fsp3) is 0.923. The molecule has 1 rings (SSSR count). The largest absolute Gasteiger partial charge is 0.341 e. The summed E-state index contributed by atoms with van der Waals surface area (Å²) in [7, 11) is 1.92. The topological polar surface area (TPSA) is 46.3 Å². The summed E-state index contributed by atoms with van der Waals surface area (Å²) in [6.07, 6.45) is 9.24. The van der Waals surface area contributed by atoms with Gasteiger partial charge in [-0.25, -0.2) is 0 Å². The summed E-state index contributed by atoms with van der Waals surface area (Å²) in [6.45, 7) is 2.07. The lowest BCUT2D eigenvalue weighted by Crippen LogP contribution is -2.46. The molecule has 3 heteroatoms. The average molecular weight is 226 g/mol. The third-order valence-corrected chi connectivity index (χ3v) is 3.64. The molecule has 1 atom stereocenters. The Labute approximate surface area is 99.4 Å². The number of amides is 1. The Morgan fingerprint density at radius 3 is 2.38 bits per heavy atom. The molecule has 1 aliphatic carbocycles. The average Bonchev–Trinajstić information content (AvgIpc) is 2.56. The molecular formula is C13H26N2O. The zero-order valence-electron chi connectivity index (χ0n) is 10.7. The number of rotatable bonds is 4. The molecule has 0 saturated heterocycles. The number of carbonyl (C=O) groups is 1. The highest BCUT2D eigenvalue weighted by molar-refractivity contribution is 5.81. The summed E-state index contributed by atoms with van der Waals surface area (Å²) in [4.78, 5) is 14.0. The lowest BCUT2D eigenvalue weighted by Gasteiger charge is -2.29. The normalized spacial score (nSPS) is 20.2. The highest BCUT2D eigenvalue weighted by Gasteiger charge is 2.24. The molecule has 0 aromatic carbocycles. The molecule has 2 N–H and O–H groups in total. The number of hydrogen-bond donors (Lipinski definition) is 1. The van der Waals surface area contributed by atoms with E-state index in [9.17, 15) is 4.79 Å². The van der Waals surface area contributed by atoms with Gasteiger partial charge in [0.1, 0.15) is 0 Å². The predicted molar refractivity (Wildman–Crippen MR) is 67.1 cm³/mol. The Kier molecular flexibility index (Phi) is 5.81. The minimum Gasteiger partial charge on any atom is -0.341 e. The van der Waals surface area contributed by atoms with Crippen molar-refractivity contribution in [2.24, 2.45) is 5.73 Å². The zero-order chi connectivity index (χ0) is 12.0. The van der Waals surface area contributed by atoms with Crippen LogP contribution in [0.3, 0.4) is 0 Å². The van der Waals surface area contributed by atoms with Crippen molar-refractivity contribution < 1.29 is 4.79 Å². The molecule has 0 heterocycles. The molecular weight excluding hydrogens is 200 g/mol. The SMILES string of the molecule is CCCC(N)C(=O)N(C)C1CCCCCC1. The van der Waals surface area contributed by atoms with Crippen molar-refractivity contribution in [2.45, 2.75) is 70.4 Å². The van der Waals surface area contributed by atoms with Crippen molar-refractivity contribution in [3.05, 3.63) is 0 Å². The third kappa shape index (κ3) is 3.78. The molecule has 1 fully saturated rings. The van der Waals surface area contributed by atoms with Crippen molar-refractivity contribution in [2.75, 3.05) is 7.05 Å². The van der Waals surface area contributed by atoms with E-state index in [1.807, 2.05) is 11.9 Å². The molecule has 16 heavy (non-hydrogen) atoms. The number of likely N-dealkylation sites (N-methyl/N-ethyl adjacent to an activating group) is 1. The Hall–Kier alpha value is -0.570. The predicted octanol–water partition coefficient (Wildman–Crippen LogP) is 2.29. The summed E-state index contributed by atoms with van der Waals surface area (Å²) in [5.41, 5.74) is 5.88. The summed E-state index contributed by atoms with van der Waals surface area (Å²) in [5, 5.41) is 0. The Balaban J connectivity index is 2.47. The molecule has 1 unspecified atom stereocenters. The smallest absolute Gasteiger partial charge is 0.239 e. The van der Waals surface area contributed by atoms with E-state index in [1.54, 1.807) is 0 Å². The van der Waals surface area contributed by atoms with Crippen molar-refractivity contribution in [1.82, 2.24) is 4.90 Å². The molecule has 1 saturated carbocycles. The standard InChI is InChI=1S/C13H26N2O/c1-3-8-12(14)13(16)15(2)11-9-6-4-5-7-10-11/h11-12H,3-10,14H2,1-2H3. The molecule has 3 nitrogen and oxygen atoms in total. The Morgan fingerprint density at radius 1 is 1.31 bits per heavy atom.